The number of hydrogen-bond acceptors (Lipinski definition) is 4. The third-order valence-electron chi connectivity index (χ3n) is 4.85. The van der Waals surface area contributed by atoms with Gasteiger partial charge >= 0.3 is 0 Å². The predicted molar refractivity (Wildman–Crippen MR) is 108 cm³/mol. The Bertz CT molecular complexity index is 1160. The van der Waals surface area contributed by atoms with Crippen LogP contribution in [0, 0.1) is 0 Å². The maximum absolute atomic E-state index is 13.1. The second kappa shape index (κ2) is 6.18. The molecule has 27 heavy (non-hydrogen) atoms. The average molecular weight is 369 g/mol. The van der Waals surface area contributed by atoms with Gasteiger partial charge in [-0.15, -0.1) is 11.3 Å². The van der Waals surface area contributed by atoms with E-state index in [0.717, 1.165) is 44.3 Å². The van der Waals surface area contributed by atoms with Crippen LogP contribution in [0.5, 0.6) is 5.75 Å². The highest BCUT2D eigenvalue weighted by Gasteiger charge is 2.31. The van der Waals surface area contributed by atoms with E-state index in [9.17, 15) is 4.79 Å². The summed E-state index contributed by atoms with van der Waals surface area (Å²) in [6, 6.07) is 21.6. The molecule has 0 bridgehead atoms. The number of hydrogen-bond donors (Lipinski definition) is 0. The third kappa shape index (κ3) is 2.49. The molecular formula is C23H15NO2S. The van der Waals surface area contributed by atoms with Gasteiger partial charge in [0, 0.05) is 27.1 Å². The van der Waals surface area contributed by atoms with Crippen LogP contribution in [0.25, 0.3) is 33.0 Å². The summed E-state index contributed by atoms with van der Waals surface area (Å²) >= 11 is 1.63. The quantitative estimate of drug-likeness (QED) is 0.410. The molecule has 130 valence electrons. The van der Waals surface area contributed by atoms with Gasteiger partial charge in [0.2, 0.25) is 0 Å². The van der Waals surface area contributed by atoms with E-state index in [-0.39, 0.29) is 5.78 Å². The van der Waals surface area contributed by atoms with Crippen LogP contribution in [0.1, 0.15) is 15.9 Å². The molecule has 1 aliphatic carbocycles. The van der Waals surface area contributed by atoms with Crippen LogP contribution < -0.4 is 4.74 Å². The molecular weight excluding hydrogens is 354 g/mol. The van der Waals surface area contributed by atoms with Crippen LogP contribution in [0.3, 0.4) is 0 Å². The van der Waals surface area contributed by atoms with Crippen molar-refractivity contribution < 1.29 is 9.53 Å². The monoisotopic (exact) mass is 369 g/mol. The Kier molecular flexibility index (Phi) is 3.66. The van der Waals surface area contributed by atoms with Crippen LogP contribution in [0.4, 0.5) is 0 Å². The Morgan fingerprint density at radius 2 is 1.67 bits per heavy atom. The van der Waals surface area contributed by atoms with E-state index < -0.39 is 0 Å². The number of aromatic nitrogens is 1. The fraction of sp³-hybridized carbons (Fsp3) is 0.0435. The second-order valence-corrected chi connectivity index (χ2v) is 7.31. The molecule has 2 aromatic carbocycles. The van der Waals surface area contributed by atoms with Gasteiger partial charge in [-0.3, -0.25) is 4.79 Å². The standard InChI is InChI=1S/C23H15NO2S/c1-26-15-10-8-14(9-11-15)19-13-18(20-7-4-12-27-20)21-22(24-19)16-5-2-3-6-17(16)23(21)25/h2-13H,1H3. The molecule has 1 aliphatic rings. The van der Waals surface area contributed by atoms with E-state index in [0.29, 0.717) is 5.56 Å². The van der Waals surface area contributed by atoms with Crippen LogP contribution >= 0.6 is 11.3 Å². The highest BCUT2D eigenvalue weighted by molar-refractivity contribution is 7.13. The molecule has 0 unspecified atom stereocenters. The Labute approximate surface area is 160 Å². The van der Waals surface area contributed by atoms with Gasteiger partial charge in [-0.25, -0.2) is 4.98 Å². The maximum Gasteiger partial charge on any atom is 0.196 e. The zero-order valence-electron chi connectivity index (χ0n) is 14.6. The van der Waals surface area contributed by atoms with Crippen molar-refractivity contribution in [3.05, 3.63) is 83.2 Å². The molecule has 2 aromatic heterocycles. The van der Waals surface area contributed by atoms with Crippen LogP contribution in [0.2, 0.25) is 0 Å². The predicted octanol–water partition coefficient (Wildman–Crippen LogP) is 5.70. The van der Waals surface area contributed by atoms with Gasteiger partial charge in [-0.05, 0) is 41.8 Å². The second-order valence-electron chi connectivity index (χ2n) is 6.36. The van der Waals surface area contributed by atoms with Crippen molar-refractivity contribution in [3.63, 3.8) is 0 Å². The fourth-order valence-corrected chi connectivity index (χ4v) is 4.28. The van der Waals surface area contributed by atoms with Crippen molar-refractivity contribution in [2.45, 2.75) is 0 Å². The van der Waals surface area contributed by atoms with Gasteiger partial charge in [0.05, 0.1) is 24.1 Å². The number of fused-ring (bicyclic) bond motifs is 3. The smallest absolute Gasteiger partial charge is 0.196 e. The minimum Gasteiger partial charge on any atom is -0.497 e. The number of ether oxygens (including phenoxy) is 1. The van der Waals surface area contributed by atoms with E-state index in [2.05, 4.69) is 0 Å². The molecule has 4 heteroatoms. The number of ketones is 1. The summed E-state index contributed by atoms with van der Waals surface area (Å²) in [7, 11) is 1.65. The van der Waals surface area contributed by atoms with Crippen molar-refractivity contribution in [2.24, 2.45) is 0 Å². The first-order chi connectivity index (χ1) is 13.3. The molecule has 2 heterocycles. The lowest BCUT2D eigenvalue weighted by atomic mass is 10.0. The molecule has 0 aliphatic heterocycles. The molecule has 0 saturated heterocycles. The van der Waals surface area contributed by atoms with Gasteiger partial charge in [-0.1, -0.05) is 30.3 Å². The van der Waals surface area contributed by atoms with Gasteiger partial charge in [0.1, 0.15) is 5.75 Å². The number of carbonyl (C=O) groups excluding carboxylic acids is 1. The van der Waals surface area contributed by atoms with Gasteiger partial charge in [-0.2, -0.15) is 0 Å². The van der Waals surface area contributed by atoms with Gasteiger partial charge < -0.3 is 4.74 Å². The number of thiophene rings is 1. The van der Waals surface area contributed by atoms with E-state index in [1.165, 1.54) is 0 Å². The topological polar surface area (TPSA) is 39.2 Å². The lowest BCUT2D eigenvalue weighted by Gasteiger charge is -2.10. The summed E-state index contributed by atoms with van der Waals surface area (Å²) in [6.45, 7) is 0. The number of carbonyl (C=O) groups is 1. The molecule has 0 amide bonds. The number of methoxy groups -OCH3 is 1. The maximum atomic E-state index is 13.1. The lowest BCUT2D eigenvalue weighted by Crippen LogP contribution is -1.99. The molecule has 0 radical (unpaired) electrons. The molecule has 0 fully saturated rings. The van der Waals surface area contributed by atoms with Gasteiger partial charge in [0.25, 0.3) is 0 Å². The molecule has 0 atom stereocenters. The van der Waals surface area contributed by atoms with E-state index >= 15 is 0 Å². The normalized spacial score (nSPS) is 12.0. The highest BCUT2D eigenvalue weighted by atomic mass is 32.1. The number of nitrogens with zero attached hydrogens (tertiary/aromatic N) is 1. The van der Waals surface area contributed by atoms with Crippen molar-refractivity contribution in [1.82, 2.24) is 4.98 Å². The summed E-state index contributed by atoms with van der Waals surface area (Å²) < 4.78 is 5.26. The number of pyridine rings is 1. The molecule has 0 saturated carbocycles. The first-order valence-corrected chi connectivity index (χ1v) is 9.51. The van der Waals surface area contributed by atoms with Crippen molar-refractivity contribution in [3.8, 4) is 38.7 Å². The van der Waals surface area contributed by atoms with Crippen molar-refractivity contribution in [2.75, 3.05) is 7.11 Å². The minimum absolute atomic E-state index is 0.0535. The van der Waals surface area contributed by atoms with Crippen molar-refractivity contribution >= 4 is 17.1 Å². The SMILES string of the molecule is COc1ccc(-c2cc(-c3cccs3)c3c(n2)-c2ccccc2C3=O)cc1. The average Bonchev–Trinajstić information content (AvgIpc) is 3.36. The Morgan fingerprint density at radius 3 is 2.37 bits per heavy atom. The summed E-state index contributed by atoms with van der Waals surface area (Å²) in [4.78, 5) is 19.0. The number of rotatable bonds is 3. The highest BCUT2D eigenvalue weighted by Crippen LogP contribution is 2.43. The summed E-state index contributed by atoms with van der Waals surface area (Å²) in [6.07, 6.45) is 0. The Hall–Kier alpha value is -3.24. The van der Waals surface area contributed by atoms with E-state index in [1.807, 2.05) is 72.1 Å². The summed E-state index contributed by atoms with van der Waals surface area (Å²) in [5.41, 5.74) is 5.90. The summed E-state index contributed by atoms with van der Waals surface area (Å²) in [5.74, 6) is 0.858. The Balaban J connectivity index is 1.78. The molecule has 3 nitrogen and oxygen atoms in total. The minimum atomic E-state index is 0.0535. The molecule has 4 aromatic rings. The lowest BCUT2D eigenvalue weighted by molar-refractivity contribution is 0.104. The molecule has 0 spiro atoms. The first-order valence-electron chi connectivity index (χ1n) is 8.63. The first kappa shape index (κ1) is 16.0. The Morgan fingerprint density at radius 1 is 0.889 bits per heavy atom. The number of benzene rings is 2. The molecule has 5 rings (SSSR count). The zero-order valence-corrected chi connectivity index (χ0v) is 15.4. The molecule has 0 N–H and O–H groups in total. The zero-order chi connectivity index (χ0) is 18.4. The van der Waals surface area contributed by atoms with Gasteiger partial charge in [0.15, 0.2) is 5.78 Å². The van der Waals surface area contributed by atoms with Crippen LogP contribution in [0.15, 0.2) is 72.1 Å². The largest absolute Gasteiger partial charge is 0.497 e. The van der Waals surface area contributed by atoms with E-state index in [1.54, 1.807) is 18.4 Å². The van der Waals surface area contributed by atoms with Crippen LogP contribution in [-0.4, -0.2) is 17.9 Å². The fourth-order valence-electron chi connectivity index (χ4n) is 3.53. The summed E-state index contributed by atoms with van der Waals surface area (Å²) in [5, 5.41) is 2.03. The third-order valence-corrected chi connectivity index (χ3v) is 5.75. The van der Waals surface area contributed by atoms with Crippen molar-refractivity contribution in [1.29, 1.82) is 0 Å². The van der Waals surface area contributed by atoms with Crippen LogP contribution in [-0.2, 0) is 0 Å². The van der Waals surface area contributed by atoms with E-state index in [4.69, 9.17) is 9.72 Å².